The Kier molecular flexibility index (Phi) is 9.02. The van der Waals surface area contributed by atoms with E-state index in [2.05, 4.69) is 10.3 Å². The Bertz CT molecular complexity index is 464. The van der Waals surface area contributed by atoms with Gasteiger partial charge in [-0.15, -0.1) is 0 Å². The molecule has 6 heteroatoms. The molecule has 0 aliphatic rings. The molecular weight excluding hydrogens is 284 g/mol. The first-order valence-electron chi connectivity index (χ1n) is 7.73. The van der Waals surface area contributed by atoms with Crippen LogP contribution in [0.15, 0.2) is 17.1 Å². The predicted molar refractivity (Wildman–Crippen MR) is 88.3 cm³/mol. The average Bonchev–Trinajstić information content (AvgIpc) is 2.51. The van der Waals surface area contributed by atoms with Crippen LogP contribution in [-0.4, -0.2) is 46.4 Å². The fraction of sp³-hybridized carbons (Fsp3) is 0.562. The van der Waals surface area contributed by atoms with Crippen LogP contribution in [0.3, 0.4) is 0 Å². The van der Waals surface area contributed by atoms with Crippen molar-refractivity contribution >= 4 is 17.6 Å². The van der Waals surface area contributed by atoms with Gasteiger partial charge in [0, 0.05) is 38.1 Å². The minimum atomic E-state index is 0.00839. The summed E-state index contributed by atoms with van der Waals surface area (Å²) < 4.78 is 0. The number of hydrogen-bond acceptors (Lipinski definition) is 6. The smallest absolute Gasteiger partial charge is 0.143 e. The molecule has 124 valence electrons. The largest absolute Gasteiger partial charge is 0.506 e. The number of hydrogen-bond donors (Lipinski definition) is 5. The Hall–Kier alpha value is -1.79. The van der Waals surface area contributed by atoms with E-state index in [1.165, 1.54) is 12.1 Å². The summed E-state index contributed by atoms with van der Waals surface area (Å²) in [5.41, 5.74) is 0.799. The topological polar surface area (TPSA) is 105 Å². The van der Waals surface area contributed by atoms with Crippen molar-refractivity contribution in [3.8, 4) is 11.5 Å². The van der Waals surface area contributed by atoms with Crippen molar-refractivity contribution in [3.05, 3.63) is 12.1 Å². The van der Waals surface area contributed by atoms with E-state index in [4.69, 9.17) is 10.2 Å². The minimum Gasteiger partial charge on any atom is -0.506 e. The number of unbranched alkanes of at least 4 members (excludes halogenated alkanes) is 4. The summed E-state index contributed by atoms with van der Waals surface area (Å²) in [5, 5.41) is 40.3. The highest BCUT2D eigenvalue weighted by molar-refractivity contribution is 5.72. The van der Waals surface area contributed by atoms with Crippen molar-refractivity contribution in [3.63, 3.8) is 0 Å². The van der Waals surface area contributed by atoms with Crippen LogP contribution >= 0.6 is 0 Å². The molecule has 5 N–H and O–H groups in total. The molecule has 0 unspecified atom stereocenters. The molecule has 1 aromatic carbocycles. The first-order valence-corrected chi connectivity index (χ1v) is 7.73. The molecule has 0 fully saturated rings. The van der Waals surface area contributed by atoms with E-state index in [0.29, 0.717) is 24.3 Å². The molecule has 0 heterocycles. The van der Waals surface area contributed by atoms with Gasteiger partial charge in [0.25, 0.3) is 0 Å². The maximum atomic E-state index is 9.94. The van der Waals surface area contributed by atoms with Gasteiger partial charge in [-0.1, -0.05) is 0 Å². The van der Waals surface area contributed by atoms with Crippen LogP contribution in [0.5, 0.6) is 11.5 Å². The molecule has 22 heavy (non-hydrogen) atoms. The summed E-state index contributed by atoms with van der Waals surface area (Å²) in [6.07, 6.45) is 6.50. The van der Waals surface area contributed by atoms with Crippen LogP contribution in [0.2, 0.25) is 0 Å². The molecule has 1 aromatic rings. The second-order valence-electron chi connectivity index (χ2n) is 5.10. The molecule has 0 atom stereocenters. The van der Waals surface area contributed by atoms with Crippen molar-refractivity contribution in [2.24, 2.45) is 4.99 Å². The van der Waals surface area contributed by atoms with Gasteiger partial charge in [-0.3, -0.25) is 4.99 Å². The van der Waals surface area contributed by atoms with E-state index in [1.807, 2.05) is 0 Å². The van der Waals surface area contributed by atoms with E-state index in [-0.39, 0.29) is 24.7 Å². The third-order valence-electron chi connectivity index (χ3n) is 3.21. The van der Waals surface area contributed by atoms with Crippen molar-refractivity contribution < 1.29 is 20.4 Å². The molecule has 1 rings (SSSR count). The van der Waals surface area contributed by atoms with Crippen molar-refractivity contribution in [2.75, 3.05) is 25.1 Å². The zero-order valence-corrected chi connectivity index (χ0v) is 12.8. The van der Waals surface area contributed by atoms with Crippen molar-refractivity contribution in [2.45, 2.75) is 38.5 Å². The normalized spacial score (nSPS) is 11.2. The molecule has 0 saturated carbocycles. The van der Waals surface area contributed by atoms with Gasteiger partial charge < -0.3 is 25.7 Å². The molecule has 0 aliphatic heterocycles. The van der Waals surface area contributed by atoms with Crippen LogP contribution in [-0.2, 0) is 0 Å². The fourth-order valence-electron chi connectivity index (χ4n) is 1.96. The zero-order chi connectivity index (χ0) is 16.2. The third kappa shape index (κ3) is 6.78. The highest BCUT2D eigenvalue weighted by atomic mass is 16.3. The summed E-state index contributed by atoms with van der Waals surface area (Å²) in [7, 11) is 0. The Labute approximate surface area is 131 Å². The SMILES string of the molecule is OCCCCC=Nc1cc(O)c(NCCCCCO)cc1O. The summed E-state index contributed by atoms with van der Waals surface area (Å²) in [4.78, 5) is 4.13. The lowest BCUT2D eigenvalue weighted by atomic mass is 10.2. The Morgan fingerprint density at radius 2 is 1.64 bits per heavy atom. The van der Waals surface area contributed by atoms with Gasteiger partial charge in [0.1, 0.15) is 17.2 Å². The molecule has 0 aliphatic carbocycles. The number of benzene rings is 1. The van der Waals surface area contributed by atoms with Crippen LogP contribution in [0.4, 0.5) is 11.4 Å². The fourth-order valence-corrected chi connectivity index (χ4v) is 1.96. The lowest BCUT2D eigenvalue weighted by Gasteiger charge is -2.10. The van der Waals surface area contributed by atoms with E-state index in [1.54, 1.807) is 6.21 Å². The molecule has 0 amide bonds. The van der Waals surface area contributed by atoms with Crippen LogP contribution in [0, 0.1) is 0 Å². The number of anilines is 1. The number of phenolic OH excluding ortho intramolecular Hbond substituents is 2. The van der Waals surface area contributed by atoms with Crippen LogP contribution in [0.1, 0.15) is 38.5 Å². The van der Waals surface area contributed by atoms with Gasteiger partial charge in [0.15, 0.2) is 0 Å². The molecule has 0 radical (unpaired) electrons. The highest BCUT2D eigenvalue weighted by Gasteiger charge is 2.07. The number of aliphatic hydroxyl groups is 2. The summed E-state index contributed by atoms with van der Waals surface area (Å²) >= 11 is 0. The minimum absolute atomic E-state index is 0.00839. The van der Waals surface area contributed by atoms with E-state index in [9.17, 15) is 10.2 Å². The van der Waals surface area contributed by atoms with Gasteiger partial charge in [-0.25, -0.2) is 0 Å². The first kappa shape index (κ1) is 18.3. The number of nitrogens with zero attached hydrogens (tertiary/aromatic N) is 1. The third-order valence-corrected chi connectivity index (χ3v) is 3.21. The van der Waals surface area contributed by atoms with E-state index >= 15 is 0 Å². The number of rotatable bonds is 11. The molecule has 0 bridgehead atoms. The van der Waals surface area contributed by atoms with Crippen molar-refractivity contribution in [1.29, 1.82) is 0 Å². The summed E-state index contributed by atoms with van der Waals surface area (Å²) in [6.45, 7) is 1.02. The number of aromatic hydroxyl groups is 2. The molecular formula is C16H26N2O4. The van der Waals surface area contributed by atoms with Crippen LogP contribution in [0.25, 0.3) is 0 Å². The second-order valence-corrected chi connectivity index (χ2v) is 5.10. The Balaban J connectivity index is 2.52. The lowest BCUT2D eigenvalue weighted by Crippen LogP contribution is -2.02. The lowest BCUT2D eigenvalue weighted by molar-refractivity contribution is 0.283. The van der Waals surface area contributed by atoms with Gasteiger partial charge in [0.2, 0.25) is 0 Å². The zero-order valence-electron chi connectivity index (χ0n) is 12.8. The van der Waals surface area contributed by atoms with Gasteiger partial charge in [-0.2, -0.15) is 0 Å². The Morgan fingerprint density at radius 1 is 0.909 bits per heavy atom. The van der Waals surface area contributed by atoms with Gasteiger partial charge >= 0.3 is 0 Å². The van der Waals surface area contributed by atoms with E-state index in [0.717, 1.165) is 32.1 Å². The average molecular weight is 310 g/mol. The van der Waals surface area contributed by atoms with E-state index < -0.39 is 0 Å². The number of aliphatic imine (C=N–C) groups is 1. The quantitative estimate of drug-likeness (QED) is 0.187. The summed E-state index contributed by atoms with van der Waals surface area (Å²) in [6, 6.07) is 2.88. The number of phenols is 2. The first-order chi connectivity index (χ1) is 10.7. The standard InChI is InChI=1S/C16H26N2O4/c19-9-5-1-3-7-17-13-11-16(22)14(12-15(13)21)18-8-4-2-6-10-20/h7,11-12,18-22H,1-6,8-10H2. The van der Waals surface area contributed by atoms with Crippen LogP contribution < -0.4 is 5.32 Å². The monoisotopic (exact) mass is 310 g/mol. The molecule has 6 nitrogen and oxygen atoms in total. The predicted octanol–water partition coefficient (Wildman–Crippen LogP) is 2.54. The summed E-state index contributed by atoms with van der Waals surface area (Å²) in [5.74, 6) is 0.0523. The molecule has 0 aromatic heterocycles. The van der Waals surface area contributed by atoms with Crippen molar-refractivity contribution in [1.82, 2.24) is 0 Å². The molecule has 0 spiro atoms. The second kappa shape index (κ2) is 10.9. The highest BCUT2D eigenvalue weighted by Crippen LogP contribution is 2.36. The number of aliphatic hydroxyl groups excluding tert-OH is 2. The van der Waals surface area contributed by atoms with Gasteiger partial charge in [0.05, 0.1) is 5.69 Å². The number of nitrogens with one attached hydrogen (secondary N) is 1. The maximum absolute atomic E-state index is 9.94. The molecule has 0 saturated heterocycles. The maximum Gasteiger partial charge on any atom is 0.143 e. The Morgan fingerprint density at radius 3 is 2.36 bits per heavy atom. The van der Waals surface area contributed by atoms with Gasteiger partial charge in [-0.05, 0) is 38.5 Å².